The first-order chi connectivity index (χ1) is 1.73. The van der Waals surface area contributed by atoms with Gasteiger partial charge in [-0.1, -0.05) is 0 Å². The average Bonchev–Trinajstić information content (AvgIpc) is 0.811. The number of carbonyl (C=O) groups is 1. The number of rotatable bonds is 0. The predicted octanol–water partition coefficient (Wildman–Crippen LogP) is 0.892. The molecule has 0 fully saturated rings. The van der Waals surface area contributed by atoms with Crippen molar-refractivity contribution in [1.29, 1.82) is 0 Å². The zero-order valence-corrected chi connectivity index (χ0v) is 3.91. The van der Waals surface area contributed by atoms with Crippen molar-refractivity contribution >= 4 is 15.3 Å². The molecule has 0 aliphatic rings. The third-order valence-corrected chi connectivity index (χ3v) is 0. The Balaban J connectivity index is 2.80. The Morgan fingerprint density at radius 1 is 2.00 bits per heavy atom. The summed E-state index contributed by atoms with van der Waals surface area (Å²) in [6, 6.07) is 0. The molecule has 0 bridgehead atoms. The monoisotopic (exact) mass is 169 g/mol. The molecule has 0 aliphatic heterocycles. The van der Waals surface area contributed by atoms with Gasteiger partial charge in [0, 0.05) is 0 Å². The maximum absolute atomic E-state index is 9.14. The van der Waals surface area contributed by atoms with Gasteiger partial charge in [0.25, 0.3) is 0 Å². The Morgan fingerprint density at radius 3 is 2.00 bits per heavy atom. The third-order valence-electron chi connectivity index (χ3n) is 0. The van der Waals surface area contributed by atoms with E-state index in [0.717, 1.165) is 0 Å². The van der Waals surface area contributed by atoms with Gasteiger partial charge in [-0.25, -0.2) is 0 Å². The molecule has 0 saturated carbocycles. The minimum absolute atomic E-state index is 0.511. The average molecular weight is 170 g/mol. The second-order valence-corrected chi connectivity index (χ2v) is 1.67. The van der Waals surface area contributed by atoms with Gasteiger partial charge in [0.15, 0.2) is 0 Å². The van der Waals surface area contributed by atoms with Crippen LogP contribution in [0, 0.1) is 0 Å². The van der Waals surface area contributed by atoms with E-state index in [1.54, 1.807) is 0 Å². The van der Waals surface area contributed by atoms with Crippen molar-refractivity contribution < 1.29 is 24.0 Å². The summed E-state index contributed by atoms with van der Waals surface area (Å²) in [5.41, 5.74) is 0. The SMILES string of the molecule is O=[C](Cl)[Pd]. The molecule has 0 spiro atoms. The number of halogens is 1. The Morgan fingerprint density at radius 2 is 2.00 bits per heavy atom. The summed E-state index contributed by atoms with van der Waals surface area (Å²) >= 11 is 6.75. The summed E-state index contributed by atoms with van der Waals surface area (Å²) < 4.78 is -0.511. The molecular formula is CClOPd. The van der Waals surface area contributed by atoms with Crippen molar-refractivity contribution in [3.8, 4) is 0 Å². The van der Waals surface area contributed by atoms with Crippen LogP contribution in [0.4, 0.5) is 4.79 Å². The van der Waals surface area contributed by atoms with Crippen LogP contribution < -0.4 is 0 Å². The first-order valence-electron chi connectivity index (χ1n) is 0.551. The molecule has 0 aromatic rings. The van der Waals surface area contributed by atoms with Crippen LogP contribution in [0.25, 0.3) is 0 Å². The Bertz CT molecular complexity index is 31.0. The maximum atomic E-state index is 9.14. The van der Waals surface area contributed by atoms with Crippen molar-refractivity contribution in [1.82, 2.24) is 0 Å². The van der Waals surface area contributed by atoms with Gasteiger partial charge in [-0.05, 0) is 0 Å². The van der Waals surface area contributed by atoms with Crippen molar-refractivity contribution in [2.24, 2.45) is 0 Å². The van der Waals surface area contributed by atoms with Gasteiger partial charge in [0.2, 0.25) is 0 Å². The van der Waals surface area contributed by atoms with E-state index in [1.165, 1.54) is 0 Å². The van der Waals surface area contributed by atoms with Crippen LogP contribution in [0.3, 0.4) is 0 Å². The quantitative estimate of drug-likeness (QED) is 0.389. The molecule has 0 unspecified atom stereocenters. The molecular weight excluding hydrogens is 170 g/mol. The van der Waals surface area contributed by atoms with Crippen molar-refractivity contribution in [2.45, 2.75) is 0 Å². The molecule has 1 nitrogen and oxygen atoms in total. The predicted molar refractivity (Wildman–Crippen MR) is 11.2 cm³/mol. The molecule has 0 aliphatic carbocycles. The second kappa shape index (κ2) is 1.90. The van der Waals surface area contributed by atoms with Crippen LogP contribution in [0.2, 0.25) is 0 Å². The minimum atomic E-state index is -0.511. The number of hydrogen-bond acceptors (Lipinski definition) is 1. The van der Waals surface area contributed by atoms with Gasteiger partial charge in [-0.3, -0.25) is 0 Å². The Hall–Kier alpha value is 0.622. The van der Waals surface area contributed by atoms with Crippen LogP contribution in [0.1, 0.15) is 0 Å². The molecule has 27 valence electrons. The molecule has 0 amide bonds. The summed E-state index contributed by atoms with van der Waals surface area (Å²) in [7, 11) is 0. The summed E-state index contributed by atoms with van der Waals surface area (Å²) in [6.07, 6.45) is 0. The van der Waals surface area contributed by atoms with Crippen LogP contribution >= 0.6 is 11.6 Å². The van der Waals surface area contributed by atoms with Crippen molar-refractivity contribution in [2.75, 3.05) is 0 Å². The van der Waals surface area contributed by atoms with Gasteiger partial charge in [-0.15, -0.1) is 0 Å². The van der Waals surface area contributed by atoms with Gasteiger partial charge < -0.3 is 0 Å². The van der Waals surface area contributed by atoms with E-state index in [9.17, 15) is 0 Å². The van der Waals surface area contributed by atoms with Crippen LogP contribution in [-0.2, 0) is 19.2 Å². The van der Waals surface area contributed by atoms with Crippen LogP contribution in [-0.4, -0.2) is 3.72 Å². The van der Waals surface area contributed by atoms with Crippen LogP contribution in [0.15, 0.2) is 0 Å². The van der Waals surface area contributed by atoms with E-state index in [0.29, 0.717) is 0 Å². The van der Waals surface area contributed by atoms with Crippen molar-refractivity contribution in [3.63, 3.8) is 0 Å². The summed E-state index contributed by atoms with van der Waals surface area (Å²) in [6.45, 7) is 0. The van der Waals surface area contributed by atoms with E-state index >= 15 is 0 Å². The van der Waals surface area contributed by atoms with E-state index in [2.05, 4.69) is 30.8 Å². The zero-order chi connectivity index (χ0) is 3.58. The molecule has 0 saturated heterocycles. The number of carbonyl (C=O) groups excluding carboxylic acids is 1. The molecule has 0 N–H and O–H groups in total. The number of hydrogen-bond donors (Lipinski definition) is 0. The van der Waals surface area contributed by atoms with Gasteiger partial charge in [-0.2, -0.15) is 0 Å². The molecule has 0 rings (SSSR count). The fourth-order valence-corrected chi connectivity index (χ4v) is 0. The second-order valence-electron chi connectivity index (χ2n) is 0.201. The van der Waals surface area contributed by atoms with E-state index in [-0.39, 0.29) is 0 Å². The molecule has 4 heavy (non-hydrogen) atoms. The molecule has 0 aromatic heterocycles. The van der Waals surface area contributed by atoms with E-state index in [1.807, 2.05) is 0 Å². The standard InChI is InChI=1S/CClO.Pd/c2-1-3;. The first-order valence-corrected chi connectivity index (χ1v) is 1.71. The molecule has 0 radical (unpaired) electrons. The van der Waals surface area contributed by atoms with E-state index < -0.39 is 3.72 Å². The fraction of sp³-hybridized carbons (Fsp3) is 0. The normalized spacial score (nSPS) is 6.75. The zero-order valence-electron chi connectivity index (χ0n) is 1.60. The van der Waals surface area contributed by atoms with Gasteiger partial charge >= 0.3 is 39.3 Å². The summed E-state index contributed by atoms with van der Waals surface area (Å²) in [5.74, 6) is 0. The summed E-state index contributed by atoms with van der Waals surface area (Å²) in [4.78, 5) is 9.14. The molecule has 3 heteroatoms. The topological polar surface area (TPSA) is 17.1 Å². The van der Waals surface area contributed by atoms with Crippen LogP contribution in [0.5, 0.6) is 0 Å². The Kier molecular flexibility index (Phi) is 2.19. The molecule has 0 aromatic carbocycles. The first kappa shape index (κ1) is 4.62. The fourth-order valence-electron chi connectivity index (χ4n) is 0. The summed E-state index contributed by atoms with van der Waals surface area (Å²) in [5, 5.41) is 0. The van der Waals surface area contributed by atoms with Gasteiger partial charge in [0.1, 0.15) is 0 Å². The van der Waals surface area contributed by atoms with Crippen molar-refractivity contribution in [3.05, 3.63) is 0 Å². The Labute approximate surface area is 39.7 Å². The molecule has 0 heterocycles. The van der Waals surface area contributed by atoms with E-state index in [4.69, 9.17) is 4.79 Å². The van der Waals surface area contributed by atoms with Gasteiger partial charge in [0.05, 0.1) is 0 Å². The third kappa shape index (κ3) is 17.8. The molecule has 0 atom stereocenters.